The molecule has 3 heteroatoms. The quantitative estimate of drug-likeness (QED) is 0.878. The normalized spacial score (nSPS) is 12.3. The highest BCUT2D eigenvalue weighted by atomic mass is 19.1. The zero-order valence-corrected chi connectivity index (χ0v) is 10.2. The number of benzene rings is 1. The van der Waals surface area contributed by atoms with Crippen LogP contribution >= 0.6 is 0 Å². The van der Waals surface area contributed by atoms with Crippen LogP contribution in [0.15, 0.2) is 48.7 Å². The van der Waals surface area contributed by atoms with E-state index in [0.29, 0.717) is 12.0 Å². The summed E-state index contributed by atoms with van der Waals surface area (Å²) in [5, 5.41) is 0. The van der Waals surface area contributed by atoms with E-state index >= 15 is 0 Å². The molecule has 0 bridgehead atoms. The van der Waals surface area contributed by atoms with Crippen molar-refractivity contribution in [3.63, 3.8) is 0 Å². The Morgan fingerprint density at radius 1 is 1.11 bits per heavy atom. The summed E-state index contributed by atoms with van der Waals surface area (Å²) < 4.78 is 13.4. The molecule has 0 saturated heterocycles. The highest BCUT2D eigenvalue weighted by Crippen LogP contribution is 2.11. The molecular formula is C15H17FN2. The molecule has 2 rings (SSSR count). The highest BCUT2D eigenvalue weighted by molar-refractivity contribution is 5.18. The van der Waals surface area contributed by atoms with E-state index in [-0.39, 0.29) is 11.9 Å². The molecule has 0 aliphatic rings. The molecule has 0 radical (unpaired) electrons. The molecule has 0 spiro atoms. The van der Waals surface area contributed by atoms with E-state index in [2.05, 4.69) is 4.98 Å². The van der Waals surface area contributed by atoms with Gasteiger partial charge in [0.1, 0.15) is 5.82 Å². The first-order valence-electron chi connectivity index (χ1n) is 6.14. The third-order valence-corrected chi connectivity index (χ3v) is 2.94. The molecule has 1 aromatic carbocycles. The molecule has 0 amide bonds. The Labute approximate surface area is 107 Å². The van der Waals surface area contributed by atoms with E-state index in [1.165, 1.54) is 6.07 Å². The summed E-state index contributed by atoms with van der Waals surface area (Å²) in [6, 6.07) is 12.6. The van der Waals surface area contributed by atoms with Crippen LogP contribution in [0.3, 0.4) is 0 Å². The molecule has 0 aliphatic carbocycles. The molecule has 2 aromatic rings. The van der Waals surface area contributed by atoms with Crippen molar-refractivity contribution in [2.24, 2.45) is 5.73 Å². The largest absolute Gasteiger partial charge is 0.327 e. The number of aromatic nitrogens is 1. The summed E-state index contributed by atoms with van der Waals surface area (Å²) in [7, 11) is 0. The summed E-state index contributed by atoms with van der Waals surface area (Å²) in [6.45, 7) is 0. The Bertz CT molecular complexity index is 485. The zero-order chi connectivity index (χ0) is 12.8. The van der Waals surface area contributed by atoms with Crippen molar-refractivity contribution in [1.82, 2.24) is 4.98 Å². The lowest BCUT2D eigenvalue weighted by atomic mass is 10.0. The average Bonchev–Trinajstić information content (AvgIpc) is 2.40. The summed E-state index contributed by atoms with van der Waals surface area (Å²) >= 11 is 0. The Kier molecular flexibility index (Phi) is 4.42. The third-order valence-electron chi connectivity index (χ3n) is 2.94. The van der Waals surface area contributed by atoms with Crippen molar-refractivity contribution in [3.8, 4) is 0 Å². The molecule has 2 nitrogen and oxygen atoms in total. The Morgan fingerprint density at radius 3 is 2.61 bits per heavy atom. The van der Waals surface area contributed by atoms with Crippen molar-refractivity contribution in [1.29, 1.82) is 0 Å². The third kappa shape index (κ3) is 3.64. The van der Waals surface area contributed by atoms with Gasteiger partial charge in [-0.25, -0.2) is 4.39 Å². The molecule has 1 aromatic heterocycles. The molecule has 94 valence electrons. The highest BCUT2D eigenvalue weighted by Gasteiger charge is 2.08. The Balaban J connectivity index is 1.86. The molecular weight excluding hydrogens is 227 g/mol. The molecule has 18 heavy (non-hydrogen) atoms. The lowest BCUT2D eigenvalue weighted by Crippen LogP contribution is -2.24. The van der Waals surface area contributed by atoms with Crippen molar-refractivity contribution in [2.45, 2.75) is 25.3 Å². The topological polar surface area (TPSA) is 38.9 Å². The number of halogens is 1. The predicted octanol–water partition coefficient (Wildman–Crippen LogP) is 2.72. The first-order chi connectivity index (χ1) is 8.75. The van der Waals surface area contributed by atoms with Gasteiger partial charge in [0.15, 0.2) is 0 Å². The minimum Gasteiger partial charge on any atom is -0.327 e. The van der Waals surface area contributed by atoms with E-state index in [9.17, 15) is 4.39 Å². The fraction of sp³-hybridized carbons (Fsp3) is 0.267. The molecule has 1 atom stereocenters. The monoisotopic (exact) mass is 244 g/mol. The second-order valence-electron chi connectivity index (χ2n) is 4.42. The van der Waals surface area contributed by atoms with Crippen LogP contribution in [0.2, 0.25) is 0 Å². The van der Waals surface area contributed by atoms with Crippen LogP contribution in [0.5, 0.6) is 0 Å². The van der Waals surface area contributed by atoms with Gasteiger partial charge in [-0.15, -0.1) is 0 Å². The van der Waals surface area contributed by atoms with Gasteiger partial charge >= 0.3 is 0 Å². The lowest BCUT2D eigenvalue weighted by molar-refractivity contribution is 0.564. The van der Waals surface area contributed by atoms with Gasteiger partial charge in [0.05, 0.1) is 0 Å². The minimum absolute atomic E-state index is 0.0380. The van der Waals surface area contributed by atoms with Crippen molar-refractivity contribution < 1.29 is 4.39 Å². The van der Waals surface area contributed by atoms with Crippen LogP contribution in [0.1, 0.15) is 17.7 Å². The smallest absolute Gasteiger partial charge is 0.126 e. The zero-order valence-electron chi connectivity index (χ0n) is 10.2. The molecule has 0 aliphatic heterocycles. The SMILES string of the molecule is NC(CCc1ccccn1)Cc1ccccc1F. The van der Waals surface area contributed by atoms with Crippen LogP contribution in [0.4, 0.5) is 4.39 Å². The fourth-order valence-electron chi connectivity index (χ4n) is 1.93. The van der Waals surface area contributed by atoms with Gasteiger partial charge in [0.2, 0.25) is 0 Å². The number of nitrogens with zero attached hydrogens (tertiary/aromatic N) is 1. The average molecular weight is 244 g/mol. The van der Waals surface area contributed by atoms with Crippen LogP contribution in [-0.4, -0.2) is 11.0 Å². The predicted molar refractivity (Wildman–Crippen MR) is 70.6 cm³/mol. The van der Waals surface area contributed by atoms with Crippen LogP contribution in [0.25, 0.3) is 0 Å². The Morgan fingerprint density at radius 2 is 1.89 bits per heavy atom. The van der Waals surface area contributed by atoms with Gasteiger partial charge in [0.25, 0.3) is 0 Å². The second kappa shape index (κ2) is 6.26. The number of rotatable bonds is 5. The van der Waals surface area contributed by atoms with E-state index in [1.54, 1.807) is 18.3 Å². The second-order valence-corrected chi connectivity index (χ2v) is 4.42. The summed E-state index contributed by atoms with van der Waals surface area (Å²) in [5.74, 6) is -0.175. The van der Waals surface area contributed by atoms with E-state index in [0.717, 1.165) is 18.5 Å². The number of hydrogen-bond acceptors (Lipinski definition) is 2. The van der Waals surface area contributed by atoms with Gasteiger partial charge in [-0.1, -0.05) is 24.3 Å². The van der Waals surface area contributed by atoms with Gasteiger partial charge in [0, 0.05) is 17.9 Å². The lowest BCUT2D eigenvalue weighted by Gasteiger charge is -2.11. The van der Waals surface area contributed by atoms with Crippen molar-refractivity contribution in [3.05, 3.63) is 65.7 Å². The maximum Gasteiger partial charge on any atom is 0.126 e. The van der Waals surface area contributed by atoms with E-state index in [1.807, 2.05) is 24.3 Å². The summed E-state index contributed by atoms with van der Waals surface area (Å²) in [4.78, 5) is 4.25. The van der Waals surface area contributed by atoms with Gasteiger partial charge in [-0.05, 0) is 43.0 Å². The standard InChI is InChI=1S/C15H17FN2/c16-15-7-2-1-5-12(15)11-13(17)8-9-14-6-3-4-10-18-14/h1-7,10,13H,8-9,11,17H2. The van der Waals surface area contributed by atoms with Crippen LogP contribution in [0, 0.1) is 5.82 Å². The molecule has 0 saturated carbocycles. The number of nitrogens with two attached hydrogens (primary N) is 1. The number of pyridine rings is 1. The molecule has 1 heterocycles. The maximum atomic E-state index is 13.4. The van der Waals surface area contributed by atoms with Gasteiger partial charge in [-0.2, -0.15) is 0 Å². The molecule has 2 N–H and O–H groups in total. The van der Waals surface area contributed by atoms with E-state index in [4.69, 9.17) is 5.73 Å². The molecule has 1 unspecified atom stereocenters. The van der Waals surface area contributed by atoms with Crippen LogP contribution in [-0.2, 0) is 12.8 Å². The van der Waals surface area contributed by atoms with Gasteiger partial charge < -0.3 is 5.73 Å². The maximum absolute atomic E-state index is 13.4. The summed E-state index contributed by atoms with van der Waals surface area (Å²) in [5.41, 5.74) is 7.74. The van der Waals surface area contributed by atoms with E-state index < -0.39 is 0 Å². The first kappa shape index (κ1) is 12.7. The molecule has 0 fully saturated rings. The number of hydrogen-bond donors (Lipinski definition) is 1. The van der Waals surface area contributed by atoms with Crippen molar-refractivity contribution >= 4 is 0 Å². The van der Waals surface area contributed by atoms with Crippen LogP contribution < -0.4 is 5.73 Å². The van der Waals surface area contributed by atoms with Gasteiger partial charge in [-0.3, -0.25) is 4.98 Å². The Hall–Kier alpha value is -1.74. The first-order valence-corrected chi connectivity index (χ1v) is 6.14. The minimum atomic E-state index is -0.175. The number of aryl methyl sites for hydroxylation is 1. The summed E-state index contributed by atoms with van der Waals surface area (Å²) in [6.07, 6.45) is 3.99. The fourth-order valence-corrected chi connectivity index (χ4v) is 1.93. The van der Waals surface area contributed by atoms with Crippen molar-refractivity contribution in [2.75, 3.05) is 0 Å².